The minimum Gasteiger partial charge on any atom is -0.377 e. The van der Waals surface area contributed by atoms with Crippen LogP contribution in [0.3, 0.4) is 0 Å². The third kappa shape index (κ3) is 4.14. The molecule has 0 unspecified atom stereocenters. The Bertz CT molecular complexity index is 445. The van der Waals surface area contributed by atoms with E-state index in [4.69, 9.17) is 4.74 Å². The number of nitrogens with zero attached hydrogens (tertiary/aromatic N) is 2. The molecule has 0 spiro atoms. The molecule has 0 radical (unpaired) electrons. The molecule has 1 aromatic rings. The SMILES string of the molecule is CNc1cc(NC2CCS(=O)CC2)nc(COC)n1. The lowest BCUT2D eigenvalue weighted by molar-refractivity contribution is 0.178. The standard InChI is InChI=1S/C12H20N4O2S/c1-13-10-7-11(16-12(15-10)8-18-2)14-9-3-5-19(17)6-4-9/h7,9H,3-6,8H2,1-2H3,(H2,13,14,15,16). The van der Waals surface area contributed by atoms with Crippen molar-refractivity contribution in [2.45, 2.75) is 25.5 Å². The molecule has 2 N–H and O–H groups in total. The number of nitrogens with one attached hydrogen (secondary N) is 2. The summed E-state index contributed by atoms with van der Waals surface area (Å²) in [5.41, 5.74) is 0. The first-order valence-corrected chi connectivity index (χ1v) is 7.86. The third-order valence-corrected chi connectivity index (χ3v) is 4.42. The Morgan fingerprint density at radius 1 is 1.37 bits per heavy atom. The molecule has 0 saturated carbocycles. The van der Waals surface area contributed by atoms with E-state index in [2.05, 4.69) is 20.6 Å². The highest BCUT2D eigenvalue weighted by molar-refractivity contribution is 7.85. The zero-order valence-corrected chi connectivity index (χ0v) is 12.1. The van der Waals surface area contributed by atoms with E-state index in [9.17, 15) is 4.21 Å². The van der Waals surface area contributed by atoms with Gasteiger partial charge in [0, 0.05) is 48.6 Å². The van der Waals surface area contributed by atoms with Crippen molar-refractivity contribution < 1.29 is 8.95 Å². The quantitative estimate of drug-likeness (QED) is 0.839. The van der Waals surface area contributed by atoms with Gasteiger partial charge in [-0.15, -0.1) is 0 Å². The normalized spacial score (nSPS) is 23.1. The summed E-state index contributed by atoms with van der Waals surface area (Å²) in [5.74, 6) is 3.75. The summed E-state index contributed by atoms with van der Waals surface area (Å²) in [6, 6.07) is 2.22. The predicted octanol–water partition coefficient (Wildman–Crippen LogP) is 0.988. The van der Waals surface area contributed by atoms with Crippen LogP contribution >= 0.6 is 0 Å². The maximum absolute atomic E-state index is 11.3. The molecule has 1 fully saturated rings. The zero-order valence-electron chi connectivity index (χ0n) is 11.3. The zero-order chi connectivity index (χ0) is 13.7. The number of methoxy groups -OCH3 is 1. The first-order chi connectivity index (χ1) is 9.21. The number of hydrogen-bond acceptors (Lipinski definition) is 6. The summed E-state index contributed by atoms with van der Waals surface area (Å²) in [6.45, 7) is 0.388. The van der Waals surface area contributed by atoms with E-state index in [1.165, 1.54) is 0 Å². The molecule has 6 nitrogen and oxygen atoms in total. The van der Waals surface area contributed by atoms with Gasteiger partial charge in [0.15, 0.2) is 5.82 Å². The minimum atomic E-state index is -0.637. The molecule has 106 valence electrons. The molecule has 2 rings (SSSR count). The maximum Gasteiger partial charge on any atom is 0.158 e. The fourth-order valence-corrected chi connectivity index (χ4v) is 3.34. The lowest BCUT2D eigenvalue weighted by Gasteiger charge is -2.23. The highest BCUT2D eigenvalue weighted by Gasteiger charge is 2.18. The van der Waals surface area contributed by atoms with Crippen molar-refractivity contribution in [3.8, 4) is 0 Å². The largest absolute Gasteiger partial charge is 0.377 e. The Morgan fingerprint density at radius 3 is 2.68 bits per heavy atom. The van der Waals surface area contributed by atoms with Crippen molar-refractivity contribution in [3.63, 3.8) is 0 Å². The molecule has 2 heterocycles. The van der Waals surface area contributed by atoms with Crippen molar-refractivity contribution in [1.29, 1.82) is 0 Å². The molecule has 0 atom stereocenters. The van der Waals surface area contributed by atoms with Gasteiger partial charge in [-0.25, -0.2) is 9.97 Å². The number of anilines is 2. The highest BCUT2D eigenvalue weighted by Crippen LogP contribution is 2.17. The van der Waals surface area contributed by atoms with Gasteiger partial charge in [-0.3, -0.25) is 4.21 Å². The van der Waals surface area contributed by atoms with Gasteiger partial charge in [0.1, 0.15) is 18.2 Å². The Hall–Kier alpha value is -1.21. The molecule has 1 aromatic heterocycles. The molecule has 0 bridgehead atoms. The Labute approximate surface area is 115 Å². The Balaban J connectivity index is 2.06. The second-order valence-electron chi connectivity index (χ2n) is 4.50. The van der Waals surface area contributed by atoms with E-state index in [-0.39, 0.29) is 0 Å². The van der Waals surface area contributed by atoms with Crippen LogP contribution in [0.15, 0.2) is 6.07 Å². The average Bonchev–Trinajstić information content (AvgIpc) is 2.41. The fraction of sp³-hybridized carbons (Fsp3) is 0.667. The van der Waals surface area contributed by atoms with Crippen molar-refractivity contribution in [2.75, 3.05) is 36.3 Å². The molecule has 0 aliphatic carbocycles. The second-order valence-corrected chi connectivity index (χ2v) is 6.20. The molecule has 0 amide bonds. The Morgan fingerprint density at radius 2 is 2.05 bits per heavy atom. The minimum absolute atomic E-state index is 0.340. The number of aromatic nitrogens is 2. The molecular weight excluding hydrogens is 264 g/mol. The summed E-state index contributed by atoms with van der Waals surface area (Å²) in [4.78, 5) is 8.73. The topological polar surface area (TPSA) is 76.1 Å². The van der Waals surface area contributed by atoms with Crippen LogP contribution in [0.4, 0.5) is 11.6 Å². The number of ether oxygens (including phenoxy) is 1. The van der Waals surface area contributed by atoms with Crippen LogP contribution in [0.5, 0.6) is 0 Å². The van der Waals surface area contributed by atoms with E-state index >= 15 is 0 Å². The average molecular weight is 284 g/mol. The summed E-state index contributed by atoms with van der Waals surface area (Å²) >= 11 is 0. The summed E-state index contributed by atoms with van der Waals surface area (Å²) in [6.07, 6.45) is 1.84. The molecule has 1 aliphatic rings. The lowest BCUT2D eigenvalue weighted by atomic mass is 10.1. The molecular formula is C12H20N4O2S. The number of hydrogen-bond donors (Lipinski definition) is 2. The Kier molecular flexibility index (Phi) is 5.09. The van der Waals surface area contributed by atoms with Gasteiger partial charge in [-0.2, -0.15) is 0 Å². The van der Waals surface area contributed by atoms with Gasteiger partial charge < -0.3 is 15.4 Å². The molecule has 19 heavy (non-hydrogen) atoms. The lowest BCUT2D eigenvalue weighted by Crippen LogP contribution is -2.29. The molecule has 1 aliphatic heterocycles. The van der Waals surface area contributed by atoms with Crippen molar-refractivity contribution in [1.82, 2.24) is 9.97 Å². The van der Waals surface area contributed by atoms with E-state index in [0.717, 1.165) is 36.0 Å². The van der Waals surface area contributed by atoms with Crippen LogP contribution in [0.1, 0.15) is 18.7 Å². The van der Waals surface area contributed by atoms with E-state index < -0.39 is 10.8 Å². The molecule has 7 heteroatoms. The highest BCUT2D eigenvalue weighted by atomic mass is 32.2. The smallest absolute Gasteiger partial charge is 0.158 e. The van der Waals surface area contributed by atoms with Gasteiger partial charge in [0.2, 0.25) is 0 Å². The van der Waals surface area contributed by atoms with Gasteiger partial charge in [-0.05, 0) is 12.8 Å². The van der Waals surface area contributed by atoms with Crippen LogP contribution in [-0.4, -0.2) is 45.9 Å². The van der Waals surface area contributed by atoms with Crippen molar-refractivity contribution in [2.24, 2.45) is 0 Å². The van der Waals surface area contributed by atoms with E-state index in [1.807, 2.05) is 13.1 Å². The van der Waals surface area contributed by atoms with Crippen LogP contribution in [0.2, 0.25) is 0 Å². The summed E-state index contributed by atoms with van der Waals surface area (Å²) in [5, 5.41) is 6.41. The van der Waals surface area contributed by atoms with E-state index in [0.29, 0.717) is 18.5 Å². The van der Waals surface area contributed by atoms with Crippen LogP contribution < -0.4 is 10.6 Å². The first-order valence-electron chi connectivity index (χ1n) is 6.37. The predicted molar refractivity (Wildman–Crippen MR) is 76.8 cm³/mol. The third-order valence-electron chi connectivity index (χ3n) is 3.04. The monoisotopic (exact) mass is 284 g/mol. The summed E-state index contributed by atoms with van der Waals surface area (Å²) in [7, 11) is 2.81. The van der Waals surface area contributed by atoms with Gasteiger partial charge >= 0.3 is 0 Å². The van der Waals surface area contributed by atoms with Crippen molar-refractivity contribution in [3.05, 3.63) is 11.9 Å². The summed E-state index contributed by atoms with van der Waals surface area (Å²) < 4.78 is 16.4. The van der Waals surface area contributed by atoms with E-state index in [1.54, 1.807) is 7.11 Å². The number of rotatable bonds is 5. The van der Waals surface area contributed by atoms with Crippen LogP contribution in [0, 0.1) is 0 Å². The van der Waals surface area contributed by atoms with Crippen LogP contribution in [-0.2, 0) is 22.1 Å². The van der Waals surface area contributed by atoms with Gasteiger partial charge in [0.05, 0.1) is 0 Å². The van der Waals surface area contributed by atoms with Crippen LogP contribution in [0.25, 0.3) is 0 Å². The van der Waals surface area contributed by atoms with Gasteiger partial charge in [0.25, 0.3) is 0 Å². The first kappa shape index (κ1) is 14.2. The molecule has 0 aromatic carbocycles. The van der Waals surface area contributed by atoms with Crippen molar-refractivity contribution >= 4 is 22.4 Å². The van der Waals surface area contributed by atoms with Gasteiger partial charge in [-0.1, -0.05) is 0 Å². The molecule has 1 saturated heterocycles. The maximum atomic E-state index is 11.3. The second kappa shape index (κ2) is 6.81. The fourth-order valence-electron chi connectivity index (χ4n) is 2.04.